The number of amides is 1. The van der Waals surface area contributed by atoms with Crippen LogP contribution in [0.15, 0.2) is 18.2 Å². The highest BCUT2D eigenvalue weighted by Crippen LogP contribution is 2.24. The maximum atomic E-state index is 12.6. The number of hydrogen-bond acceptors (Lipinski definition) is 3. The summed E-state index contributed by atoms with van der Waals surface area (Å²) < 4.78 is 5.85. The second-order valence-corrected chi connectivity index (χ2v) is 6.77. The number of likely N-dealkylation sites (tertiary alicyclic amines) is 1. The zero-order chi connectivity index (χ0) is 16.8. The standard InChI is InChI=1S/C18H27ClN2O2/c1-13-12-16(19)4-5-17(13)23-14(2)18(22)21-10-7-15(8-11-21)6-9-20-3/h4-5,12,14-15,20H,6-11H2,1-3H3. The maximum Gasteiger partial charge on any atom is 0.263 e. The molecule has 1 saturated heterocycles. The smallest absolute Gasteiger partial charge is 0.263 e. The molecule has 128 valence electrons. The molecule has 0 bridgehead atoms. The van der Waals surface area contributed by atoms with Crippen molar-refractivity contribution >= 4 is 17.5 Å². The molecule has 1 aromatic carbocycles. The minimum Gasteiger partial charge on any atom is -0.481 e. The third-order valence-electron chi connectivity index (χ3n) is 4.52. The predicted octanol–water partition coefficient (Wildman–Crippen LogP) is 3.26. The monoisotopic (exact) mass is 338 g/mol. The number of carbonyl (C=O) groups is 1. The largest absolute Gasteiger partial charge is 0.481 e. The average molecular weight is 339 g/mol. The van der Waals surface area contributed by atoms with E-state index in [-0.39, 0.29) is 5.91 Å². The van der Waals surface area contributed by atoms with Gasteiger partial charge in [0.15, 0.2) is 6.10 Å². The van der Waals surface area contributed by atoms with Crippen LogP contribution in [0.4, 0.5) is 0 Å². The molecule has 1 unspecified atom stereocenters. The van der Waals surface area contributed by atoms with Crippen LogP contribution < -0.4 is 10.1 Å². The summed E-state index contributed by atoms with van der Waals surface area (Å²) in [6.07, 6.45) is 2.89. The van der Waals surface area contributed by atoms with E-state index < -0.39 is 6.10 Å². The van der Waals surface area contributed by atoms with E-state index in [1.54, 1.807) is 6.07 Å². The van der Waals surface area contributed by atoms with Gasteiger partial charge in [-0.3, -0.25) is 4.79 Å². The van der Waals surface area contributed by atoms with Crippen molar-refractivity contribution in [1.29, 1.82) is 0 Å². The van der Waals surface area contributed by atoms with Gasteiger partial charge in [-0.25, -0.2) is 0 Å². The van der Waals surface area contributed by atoms with Gasteiger partial charge in [-0.2, -0.15) is 0 Å². The van der Waals surface area contributed by atoms with Gasteiger partial charge < -0.3 is 15.0 Å². The lowest BCUT2D eigenvalue weighted by Gasteiger charge is -2.33. The van der Waals surface area contributed by atoms with Gasteiger partial charge in [0.05, 0.1) is 0 Å². The molecule has 1 atom stereocenters. The van der Waals surface area contributed by atoms with Crippen molar-refractivity contribution in [3.63, 3.8) is 0 Å². The van der Waals surface area contributed by atoms with Crippen molar-refractivity contribution in [2.45, 2.75) is 39.2 Å². The van der Waals surface area contributed by atoms with Gasteiger partial charge >= 0.3 is 0 Å². The normalized spacial score (nSPS) is 17.1. The van der Waals surface area contributed by atoms with Gasteiger partial charge in [0.25, 0.3) is 5.91 Å². The first-order valence-electron chi connectivity index (χ1n) is 8.37. The Bertz CT molecular complexity index is 528. The number of piperidine rings is 1. The van der Waals surface area contributed by atoms with Crippen LogP contribution in [-0.4, -0.2) is 43.6 Å². The topological polar surface area (TPSA) is 41.6 Å². The number of nitrogens with zero attached hydrogens (tertiary/aromatic N) is 1. The first-order chi connectivity index (χ1) is 11.0. The Hall–Kier alpha value is -1.26. The van der Waals surface area contributed by atoms with E-state index in [2.05, 4.69) is 5.32 Å². The lowest BCUT2D eigenvalue weighted by Crippen LogP contribution is -2.45. The minimum absolute atomic E-state index is 0.0754. The van der Waals surface area contributed by atoms with Gasteiger partial charge in [-0.15, -0.1) is 0 Å². The molecule has 1 aliphatic heterocycles. The highest BCUT2D eigenvalue weighted by molar-refractivity contribution is 6.30. The SMILES string of the molecule is CNCCC1CCN(C(=O)C(C)Oc2ccc(Cl)cc2C)CC1. The molecule has 23 heavy (non-hydrogen) atoms. The van der Waals surface area contributed by atoms with Crippen molar-refractivity contribution in [3.8, 4) is 5.75 Å². The highest BCUT2D eigenvalue weighted by atomic mass is 35.5. The van der Waals surface area contributed by atoms with Gasteiger partial charge in [0.1, 0.15) is 5.75 Å². The summed E-state index contributed by atoms with van der Waals surface area (Å²) in [7, 11) is 1.98. The van der Waals surface area contributed by atoms with Crippen LogP contribution in [0.2, 0.25) is 5.02 Å². The van der Waals surface area contributed by atoms with E-state index in [0.717, 1.165) is 49.7 Å². The number of benzene rings is 1. The van der Waals surface area contributed by atoms with E-state index in [9.17, 15) is 4.79 Å². The first kappa shape index (κ1) is 18.1. The summed E-state index contributed by atoms with van der Waals surface area (Å²) in [4.78, 5) is 14.5. The summed E-state index contributed by atoms with van der Waals surface area (Å²) >= 11 is 5.95. The third-order valence-corrected chi connectivity index (χ3v) is 4.75. The molecule has 1 N–H and O–H groups in total. The van der Waals surface area contributed by atoms with E-state index in [0.29, 0.717) is 5.02 Å². The summed E-state index contributed by atoms with van der Waals surface area (Å²) in [5.41, 5.74) is 0.947. The van der Waals surface area contributed by atoms with Crippen LogP contribution in [0.1, 0.15) is 31.7 Å². The zero-order valence-corrected chi connectivity index (χ0v) is 15.0. The Balaban J connectivity index is 1.85. The molecule has 1 aromatic rings. The molecule has 4 nitrogen and oxygen atoms in total. The fraction of sp³-hybridized carbons (Fsp3) is 0.611. The van der Waals surface area contributed by atoms with Crippen LogP contribution >= 0.6 is 11.6 Å². The molecule has 1 heterocycles. The molecular formula is C18H27ClN2O2. The molecule has 0 aliphatic carbocycles. The summed E-state index contributed by atoms with van der Waals surface area (Å²) in [5.74, 6) is 1.52. The van der Waals surface area contributed by atoms with Crippen LogP contribution in [-0.2, 0) is 4.79 Å². The van der Waals surface area contributed by atoms with Crippen LogP contribution in [0.25, 0.3) is 0 Å². The number of carbonyl (C=O) groups excluding carboxylic acids is 1. The zero-order valence-electron chi connectivity index (χ0n) is 14.3. The fourth-order valence-electron chi connectivity index (χ4n) is 3.03. The van der Waals surface area contributed by atoms with Gasteiger partial charge in [-0.1, -0.05) is 11.6 Å². The van der Waals surface area contributed by atoms with E-state index in [1.165, 1.54) is 6.42 Å². The highest BCUT2D eigenvalue weighted by Gasteiger charge is 2.27. The molecular weight excluding hydrogens is 312 g/mol. The molecule has 1 amide bonds. The second-order valence-electron chi connectivity index (χ2n) is 6.33. The minimum atomic E-state index is -0.469. The Morgan fingerprint density at radius 2 is 2.13 bits per heavy atom. The molecule has 0 spiro atoms. The Morgan fingerprint density at radius 3 is 2.74 bits per heavy atom. The molecule has 5 heteroatoms. The predicted molar refractivity (Wildman–Crippen MR) is 94.1 cm³/mol. The summed E-state index contributed by atoms with van der Waals surface area (Å²) in [6, 6.07) is 5.46. The number of halogens is 1. The van der Waals surface area contributed by atoms with Crippen molar-refractivity contribution in [3.05, 3.63) is 28.8 Å². The van der Waals surface area contributed by atoms with Crippen molar-refractivity contribution in [1.82, 2.24) is 10.2 Å². The first-order valence-corrected chi connectivity index (χ1v) is 8.75. The van der Waals surface area contributed by atoms with Crippen molar-refractivity contribution in [2.24, 2.45) is 5.92 Å². The Kier molecular flexibility index (Phi) is 6.72. The lowest BCUT2D eigenvalue weighted by molar-refractivity contribution is -0.139. The van der Waals surface area contributed by atoms with Gasteiger partial charge in [0, 0.05) is 18.1 Å². The van der Waals surface area contributed by atoms with Crippen LogP contribution in [0.5, 0.6) is 5.75 Å². The van der Waals surface area contributed by atoms with Crippen molar-refractivity contribution in [2.75, 3.05) is 26.7 Å². The van der Waals surface area contributed by atoms with Crippen LogP contribution in [0.3, 0.4) is 0 Å². The molecule has 1 aliphatic rings. The third kappa shape index (κ3) is 5.11. The summed E-state index contributed by atoms with van der Waals surface area (Å²) in [6.45, 7) is 6.48. The van der Waals surface area contributed by atoms with Crippen LogP contribution in [0, 0.1) is 12.8 Å². The van der Waals surface area contributed by atoms with E-state index >= 15 is 0 Å². The fourth-order valence-corrected chi connectivity index (χ4v) is 3.26. The number of hydrogen-bond donors (Lipinski definition) is 1. The summed E-state index contributed by atoms with van der Waals surface area (Å²) in [5, 5.41) is 3.87. The van der Waals surface area contributed by atoms with Gasteiger partial charge in [0.2, 0.25) is 0 Å². The molecule has 0 aromatic heterocycles. The second kappa shape index (κ2) is 8.55. The molecule has 0 radical (unpaired) electrons. The lowest BCUT2D eigenvalue weighted by atomic mass is 9.93. The number of aryl methyl sites for hydroxylation is 1. The Labute approximate surface area is 144 Å². The molecule has 2 rings (SSSR count). The van der Waals surface area contributed by atoms with Gasteiger partial charge in [-0.05, 0) is 76.4 Å². The number of nitrogens with one attached hydrogen (secondary N) is 1. The van der Waals surface area contributed by atoms with E-state index in [4.69, 9.17) is 16.3 Å². The number of ether oxygens (including phenoxy) is 1. The quantitative estimate of drug-likeness (QED) is 0.865. The average Bonchev–Trinajstić information content (AvgIpc) is 2.55. The van der Waals surface area contributed by atoms with E-state index in [1.807, 2.05) is 37.9 Å². The van der Waals surface area contributed by atoms with Crippen molar-refractivity contribution < 1.29 is 9.53 Å². The molecule has 0 saturated carbocycles. The Morgan fingerprint density at radius 1 is 1.43 bits per heavy atom. The molecule has 1 fully saturated rings. The number of rotatable bonds is 6. The maximum absolute atomic E-state index is 12.6.